The Morgan fingerprint density at radius 2 is 1.78 bits per heavy atom. The number of halogens is 1. The van der Waals surface area contributed by atoms with E-state index in [9.17, 15) is 21.6 Å². The van der Waals surface area contributed by atoms with Gasteiger partial charge in [-0.15, -0.1) is 35.5 Å². The van der Waals surface area contributed by atoms with Crippen molar-refractivity contribution in [2.75, 3.05) is 23.6 Å². The second kappa shape index (κ2) is 12.4. The Labute approximate surface area is 231 Å². The number of amides is 1. The maximum absolute atomic E-state index is 13.5. The molecule has 2 aromatic carbocycles. The maximum Gasteiger partial charge on any atom is 0.224 e. The number of aryl methyl sites for hydroxylation is 1. The van der Waals surface area contributed by atoms with E-state index < -0.39 is 19.7 Å². The third-order valence-electron chi connectivity index (χ3n) is 5.31. The smallest absolute Gasteiger partial charge is 0.224 e. The molecule has 1 aromatic heterocycles. The largest absolute Gasteiger partial charge is 0.383 e. The van der Waals surface area contributed by atoms with Crippen molar-refractivity contribution in [2.45, 2.75) is 33.8 Å². The molecule has 37 heavy (non-hydrogen) atoms. The van der Waals surface area contributed by atoms with Gasteiger partial charge in [-0.3, -0.25) is 10.2 Å². The summed E-state index contributed by atoms with van der Waals surface area (Å²) in [6.07, 6.45) is 3.15. The molecule has 0 saturated carbocycles. The highest BCUT2D eigenvalue weighted by Gasteiger charge is 2.25. The Hall–Kier alpha value is -2.38. The molecule has 0 aliphatic carbocycles. The molecule has 0 aliphatic rings. The van der Waals surface area contributed by atoms with Crippen LogP contribution in [-0.2, 0) is 24.5 Å². The molecule has 1 heterocycles. The van der Waals surface area contributed by atoms with Gasteiger partial charge < -0.3 is 11.1 Å². The second-order valence-electron chi connectivity index (χ2n) is 8.19. The van der Waals surface area contributed by atoms with Gasteiger partial charge in [0.2, 0.25) is 15.7 Å². The van der Waals surface area contributed by atoms with Crippen molar-refractivity contribution in [2.24, 2.45) is 5.73 Å². The number of anilines is 1. The van der Waals surface area contributed by atoms with E-state index >= 15 is 0 Å². The van der Waals surface area contributed by atoms with Gasteiger partial charge >= 0.3 is 0 Å². The molecule has 13 heteroatoms. The summed E-state index contributed by atoms with van der Waals surface area (Å²) in [5.41, 5.74) is 8.20. The van der Waals surface area contributed by atoms with Crippen LogP contribution in [-0.4, -0.2) is 46.8 Å². The summed E-state index contributed by atoms with van der Waals surface area (Å²) in [7, 11) is -7.06. The first-order valence-corrected chi connectivity index (χ1v) is 16.4. The number of amidine groups is 1. The van der Waals surface area contributed by atoms with Crippen LogP contribution in [0.5, 0.6) is 0 Å². The molecule has 200 valence electrons. The van der Waals surface area contributed by atoms with Crippen molar-refractivity contribution in [3.63, 3.8) is 0 Å². The summed E-state index contributed by atoms with van der Waals surface area (Å²) in [5, 5.41) is 10.5. The van der Waals surface area contributed by atoms with Crippen LogP contribution in [0, 0.1) is 12.3 Å². The highest BCUT2D eigenvalue weighted by molar-refractivity contribution is 8.01. The van der Waals surface area contributed by atoms with Crippen molar-refractivity contribution in [3.8, 4) is 11.1 Å². The average Bonchev–Trinajstić information content (AvgIpc) is 3.24. The predicted octanol–water partition coefficient (Wildman–Crippen LogP) is 4.75. The zero-order valence-corrected chi connectivity index (χ0v) is 24.5. The molecule has 8 nitrogen and oxygen atoms in total. The van der Waals surface area contributed by atoms with Crippen molar-refractivity contribution < 1.29 is 21.6 Å². The average molecular weight is 602 g/mol. The van der Waals surface area contributed by atoms with Gasteiger partial charge in [-0.05, 0) is 55.0 Å². The summed E-state index contributed by atoms with van der Waals surface area (Å²) in [4.78, 5) is 13.1. The number of nitrogens with one attached hydrogen (secondary N) is 2. The number of hydrogen-bond acceptors (Lipinski definition) is 8. The van der Waals surface area contributed by atoms with E-state index in [-0.39, 0.29) is 52.5 Å². The first-order valence-electron chi connectivity index (χ1n) is 10.8. The molecule has 0 aliphatic heterocycles. The zero-order chi connectivity index (χ0) is 26.7. The minimum Gasteiger partial charge on any atom is -0.383 e. The number of hydrogen-bond donors (Lipinski definition) is 3. The number of rotatable bonds is 10. The van der Waals surface area contributed by atoms with Crippen LogP contribution in [0.4, 0.5) is 5.69 Å². The zero-order valence-electron chi connectivity index (χ0n) is 20.4. The Morgan fingerprint density at radius 3 is 2.41 bits per heavy atom. The molecular formula is C24H28ClN3O5S4. The SMILES string of the molecule is CSc1sc(C(=N)N)cc1S(=O)(=O)c1cccc(-c2c(C)cccc2NC(=O)CCCS(C)(=O)=O)c1.Cl. The predicted molar refractivity (Wildman–Crippen MR) is 154 cm³/mol. The molecule has 0 spiro atoms. The summed E-state index contributed by atoms with van der Waals surface area (Å²) in [6.45, 7) is 1.86. The molecule has 3 rings (SSSR count). The van der Waals surface area contributed by atoms with Crippen LogP contribution >= 0.6 is 35.5 Å². The number of sulfone groups is 2. The van der Waals surface area contributed by atoms with Gasteiger partial charge in [-0.1, -0.05) is 24.3 Å². The van der Waals surface area contributed by atoms with E-state index in [1.54, 1.807) is 36.6 Å². The number of nitrogen functional groups attached to an aromatic ring is 1. The molecule has 0 bridgehead atoms. The van der Waals surface area contributed by atoms with Gasteiger partial charge in [0.15, 0.2) is 0 Å². The maximum atomic E-state index is 13.5. The molecule has 0 saturated heterocycles. The van der Waals surface area contributed by atoms with Gasteiger partial charge in [-0.25, -0.2) is 16.8 Å². The number of thioether (sulfide) groups is 1. The highest BCUT2D eigenvalue weighted by Crippen LogP contribution is 2.38. The molecule has 0 unspecified atom stereocenters. The van der Waals surface area contributed by atoms with E-state index in [0.29, 0.717) is 25.9 Å². The number of carbonyl (C=O) groups is 1. The molecule has 0 radical (unpaired) electrons. The van der Waals surface area contributed by atoms with Crippen LogP contribution in [0.1, 0.15) is 23.3 Å². The second-order valence-corrected chi connectivity index (χ2v) is 14.5. The van der Waals surface area contributed by atoms with Crippen molar-refractivity contribution in [1.29, 1.82) is 5.41 Å². The molecule has 3 aromatic rings. The highest BCUT2D eigenvalue weighted by atomic mass is 35.5. The van der Waals surface area contributed by atoms with Crippen LogP contribution in [0.2, 0.25) is 0 Å². The monoisotopic (exact) mass is 601 g/mol. The number of thiophene rings is 1. The molecule has 0 fully saturated rings. The van der Waals surface area contributed by atoms with Gasteiger partial charge in [-0.2, -0.15) is 0 Å². The Kier molecular flexibility index (Phi) is 10.4. The number of nitrogens with two attached hydrogens (primary N) is 1. The lowest BCUT2D eigenvalue weighted by Crippen LogP contribution is -2.14. The van der Waals surface area contributed by atoms with E-state index in [1.165, 1.54) is 23.9 Å². The summed E-state index contributed by atoms with van der Waals surface area (Å²) in [5.74, 6) is -0.594. The van der Waals surface area contributed by atoms with Crippen molar-refractivity contribution in [1.82, 2.24) is 0 Å². The first-order chi connectivity index (χ1) is 16.8. The van der Waals surface area contributed by atoms with Crippen LogP contribution in [0.25, 0.3) is 11.1 Å². The van der Waals surface area contributed by atoms with E-state index in [0.717, 1.165) is 23.2 Å². The van der Waals surface area contributed by atoms with Crippen LogP contribution < -0.4 is 11.1 Å². The topological polar surface area (TPSA) is 147 Å². The van der Waals surface area contributed by atoms with Crippen LogP contribution in [0.15, 0.2) is 62.5 Å². The normalized spacial score (nSPS) is 11.5. The number of carbonyl (C=O) groups excluding carboxylic acids is 1. The van der Waals surface area contributed by atoms with Gasteiger partial charge in [0.05, 0.1) is 24.6 Å². The summed E-state index contributed by atoms with van der Waals surface area (Å²) >= 11 is 2.44. The Morgan fingerprint density at radius 1 is 1.11 bits per heavy atom. The fourth-order valence-corrected chi connectivity index (χ4v) is 8.20. The molecule has 0 atom stereocenters. The standard InChI is InChI=1S/C24H27N3O5S4.ClH/c1-15-7-4-10-18(27-21(28)11-6-12-35(3,29)30)22(15)16-8-5-9-17(13-16)36(31,32)20-14-19(23(25)26)34-24(20)33-2;/h4-5,7-10,13-14H,6,11-12H2,1-3H3,(H3,25,26)(H,27,28);1H. The summed E-state index contributed by atoms with van der Waals surface area (Å²) in [6, 6.07) is 13.3. The van der Waals surface area contributed by atoms with Gasteiger partial charge in [0, 0.05) is 23.9 Å². The fourth-order valence-electron chi connectivity index (χ4n) is 3.63. The van der Waals surface area contributed by atoms with Crippen LogP contribution in [0.3, 0.4) is 0 Å². The fraction of sp³-hybridized carbons (Fsp3) is 0.250. The van der Waals surface area contributed by atoms with Gasteiger partial charge in [0.1, 0.15) is 15.7 Å². The third-order valence-corrected chi connectivity index (χ3v) is 10.7. The summed E-state index contributed by atoms with van der Waals surface area (Å²) < 4.78 is 50.3. The Balaban J connectivity index is 0.00000481. The molecule has 4 N–H and O–H groups in total. The lowest BCUT2D eigenvalue weighted by atomic mass is 9.98. The molecule has 1 amide bonds. The quantitative estimate of drug-likeness (QED) is 0.173. The Bertz CT molecular complexity index is 1530. The lowest BCUT2D eigenvalue weighted by Gasteiger charge is -2.15. The molecular weight excluding hydrogens is 574 g/mol. The van der Waals surface area contributed by atoms with Gasteiger partial charge in [0.25, 0.3) is 0 Å². The van der Waals surface area contributed by atoms with Crippen molar-refractivity contribution in [3.05, 3.63) is 59.0 Å². The minimum absolute atomic E-state index is 0. The van der Waals surface area contributed by atoms with E-state index in [1.807, 2.05) is 13.0 Å². The third kappa shape index (κ3) is 7.57. The van der Waals surface area contributed by atoms with Crippen molar-refractivity contribution >= 4 is 72.6 Å². The van der Waals surface area contributed by atoms with E-state index in [4.69, 9.17) is 11.1 Å². The minimum atomic E-state index is -3.91. The number of benzene rings is 2. The first kappa shape index (κ1) is 30.8. The lowest BCUT2D eigenvalue weighted by molar-refractivity contribution is -0.116. The van der Waals surface area contributed by atoms with E-state index in [2.05, 4.69) is 5.32 Å².